The molecule has 0 heterocycles. The molecule has 40 heavy (non-hydrogen) atoms. The quantitative estimate of drug-likeness (QED) is 0.266. The Morgan fingerprint density at radius 2 is 1.50 bits per heavy atom. The number of nitrogens with one attached hydrogen (secondary N) is 1. The topological polar surface area (TPSA) is 86.8 Å². The Hall–Kier alpha value is -3.07. The second-order valence-electron chi connectivity index (χ2n) is 9.56. The predicted molar refractivity (Wildman–Crippen MR) is 161 cm³/mol. The maximum Gasteiger partial charge on any atom is 0.264 e. The van der Waals surface area contributed by atoms with Crippen LogP contribution in [0.3, 0.4) is 0 Å². The van der Waals surface area contributed by atoms with Gasteiger partial charge in [0.25, 0.3) is 10.0 Å². The molecule has 0 spiro atoms. The Balaban J connectivity index is 2.10. The second-order valence-corrected chi connectivity index (χ2v) is 12.2. The number of benzene rings is 3. The van der Waals surface area contributed by atoms with Crippen molar-refractivity contribution >= 4 is 50.7 Å². The molecule has 0 aromatic heterocycles. The van der Waals surface area contributed by atoms with Crippen molar-refractivity contribution in [3.8, 4) is 0 Å². The molecule has 2 atom stereocenters. The third-order valence-electron chi connectivity index (χ3n) is 6.80. The minimum atomic E-state index is -4.18. The van der Waals surface area contributed by atoms with Crippen LogP contribution in [-0.2, 0) is 26.2 Å². The highest BCUT2D eigenvalue weighted by atomic mass is 35.5. The van der Waals surface area contributed by atoms with Crippen LogP contribution in [0.4, 0.5) is 5.69 Å². The highest BCUT2D eigenvalue weighted by Crippen LogP contribution is 2.31. The van der Waals surface area contributed by atoms with E-state index in [9.17, 15) is 18.0 Å². The van der Waals surface area contributed by atoms with E-state index < -0.39 is 28.5 Å². The van der Waals surface area contributed by atoms with E-state index in [2.05, 4.69) is 5.32 Å². The van der Waals surface area contributed by atoms with Gasteiger partial charge in [0.2, 0.25) is 11.8 Å². The van der Waals surface area contributed by atoms with Crippen molar-refractivity contribution in [3.05, 3.63) is 94.0 Å². The lowest BCUT2D eigenvalue weighted by molar-refractivity contribution is -0.140. The Morgan fingerprint density at radius 3 is 2.12 bits per heavy atom. The molecule has 0 aliphatic heterocycles. The van der Waals surface area contributed by atoms with Crippen molar-refractivity contribution in [1.82, 2.24) is 10.2 Å². The van der Waals surface area contributed by atoms with Crippen LogP contribution in [0, 0.1) is 6.92 Å². The molecular weight excluding hydrogens is 569 g/mol. The van der Waals surface area contributed by atoms with Gasteiger partial charge in [0, 0.05) is 22.6 Å². The third kappa shape index (κ3) is 7.36. The zero-order valence-electron chi connectivity index (χ0n) is 23.1. The predicted octanol–water partition coefficient (Wildman–Crippen LogP) is 6.22. The summed E-state index contributed by atoms with van der Waals surface area (Å²) in [5, 5.41) is 3.77. The largest absolute Gasteiger partial charge is 0.352 e. The van der Waals surface area contributed by atoms with Crippen LogP contribution in [0.1, 0.15) is 44.7 Å². The third-order valence-corrected chi connectivity index (χ3v) is 9.36. The molecule has 0 unspecified atom stereocenters. The second kappa shape index (κ2) is 14.0. The summed E-state index contributed by atoms with van der Waals surface area (Å²) >= 11 is 12.8. The molecule has 2 amide bonds. The molecule has 0 saturated heterocycles. The monoisotopic (exact) mass is 603 g/mol. The van der Waals surface area contributed by atoms with E-state index in [1.807, 2.05) is 20.8 Å². The highest BCUT2D eigenvalue weighted by molar-refractivity contribution is 7.92. The number of sulfonamides is 1. The highest BCUT2D eigenvalue weighted by Gasteiger charge is 2.34. The Bertz CT molecular complexity index is 1430. The maximum atomic E-state index is 14.1. The average Bonchev–Trinajstić information content (AvgIpc) is 2.94. The number of hydrogen-bond donors (Lipinski definition) is 1. The van der Waals surface area contributed by atoms with Gasteiger partial charge in [-0.1, -0.05) is 79.5 Å². The summed E-state index contributed by atoms with van der Waals surface area (Å²) in [6.07, 6.45) is 1.04. The molecule has 0 bridgehead atoms. The van der Waals surface area contributed by atoms with Crippen molar-refractivity contribution in [3.63, 3.8) is 0 Å². The molecule has 0 radical (unpaired) electrons. The van der Waals surface area contributed by atoms with E-state index in [0.29, 0.717) is 27.6 Å². The van der Waals surface area contributed by atoms with Crippen LogP contribution >= 0.6 is 23.2 Å². The van der Waals surface area contributed by atoms with E-state index in [1.54, 1.807) is 67.6 Å². The summed E-state index contributed by atoms with van der Waals surface area (Å²) in [5.74, 6) is -0.862. The van der Waals surface area contributed by atoms with E-state index in [-0.39, 0.29) is 29.1 Å². The van der Waals surface area contributed by atoms with Gasteiger partial charge >= 0.3 is 0 Å². The van der Waals surface area contributed by atoms with Crippen LogP contribution in [0.15, 0.2) is 77.7 Å². The Morgan fingerprint density at radius 1 is 0.875 bits per heavy atom. The SMILES string of the molecule is CC[C@@H](C)NC(=O)[C@@H](CC)N(Cc1ccccc1Cl)C(=O)CN(c1cccc(Cl)c1C)S(=O)(=O)c1ccccc1. The normalized spacial score (nSPS) is 12.8. The molecule has 1 N–H and O–H groups in total. The lowest BCUT2D eigenvalue weighted by Crippen LogP contribution is -2.53. The van der Waals surface area contributed by atoms with Gasteiger partial charge in [-0.25, -0.2) is 8.42 Å². The molecular formula is C30H35Cl2N3O4S. The zero-order valence-corrected chi connectivity index (χ0v) is 25.4. The fourth-order valence-electron chi connectivity index (χ4n) is 4.27. The number of hydrogen-bond acceptors (Lipinski definition) is 4. The van der Waals surface area contributed by atoms with E-state index in [0.717, 1.165) is 10.7 Å². The fraction of sp³-hybridized carbons (Fsp3) is 0.333. The van der Waals surface area contributed by atoms with E-state index >= 15 is 0 Å². The van der Waals surface area contributed by atoms with Crippen molar-refractivity contribution in [2.75, 3.05) is 10.8 Å². The van der Waals surface area contributed by atoms with Gasteiger partial charge in [0.15, 0.2) is 0 Å². The zero-order chi connectivity index (χ0) is 29.4. The van der Waals surface area contributed by atoms with Crippen LogP contribution < -0.4 is 9.62 Å². The minimum Gasteiger partial charge on any atom is -0.352 e. The summed E-state index contributed by atoms with van der Waals surface area (Å²) < 4.78 is 28.9. The summed E-state index contributed by atoms with van der Waals surface area (Å²) in [6.45, 7) is 6.84. The number of nitrogens with zero attached hydrogens (tertiary/aromatic N) is 2. The molecule has 3 aromatic carbocycles. The van der Waals surface area contributed by atoms with Gasteiger partial charge in [-0.05, 0) is 68.1 Å². The molecule has 0 aliphatic rings. The molecule has 7 nitrogen and oxygen atoms in total. The summed E-state index contributed by atoms with van der Waals surface area (Å²) in [6, 6.07) is 18.9. The van der Waals surface area contributed by atoms with Gasteiger partial charge in [-0.3, -0.25) is 13.9 Å². The number of amides is 2. The Kier molecular flexibility index (Phi) is 11.0. The van der Waals surface area contributed by atoms with Gasteiger partial charge in [0.1, 0.15) is 12.6 Å². The molecule has 0 saturated carbocycles. The minimum absolute atomic E-state index is 0.0265. The molecule has 10 heteroatoms. The molecule has 0 fully saturated rings. The van der Waals surface area contributed by atoms with Gasteiger partial charge in [-0.2, -0.15) is 0 Å². The Labute approximate surface area is 247 Å². The standard InChI is InChI=1S/C30H35Cl2N3O4S/c1-5-21(3)33-30(37)27(6-2)34(19-23-13-10-11-16-26(23)32)29(36)20-35(28-18-12-17-25(31)22(28)4)40(38,39)24-14-8-7-9-15-24/h7-18,21,27H,5-6,19-20H2,1-4H3,(H,33,37)/t21-,27-/m1/s1. The summed E-state index contributed by atoms with van der Waals surface area (Å²) in [5.41, 5.74) is 1.43. The number of halogens is 2. The van der Waals surface area contributed by atoms with Gasteiger partial charge < -0.3 is 10.2 Å². The van der Waals surface area contributed by atoms with Gasteiger partial charge in [0.05, 0.1) is 10.6 Å². The first-order valence-electron chi connectivity index (χ1n) is 13.2. The van der Waals surface area contributed by atoms with Crippen molar-refractivity contribution in [2.45, 2.75) is 64.1 Å². The summed E-state index contributed by atoms with van der Waals surface area (Å²) in [4.78, 5) is 28.9. The number of anilines is 1. The first-order valence-corrected chi connectivity index (χ1v) is 15.4. The lowest BCUT2D eigenvalue weighted by atomic mass is 10.1. The van der Waals surface area contributed by atoms with Crippen molar-refractivity contribution in [1.29, 1.82) is 0 Å². The van der Waals surface area contributed by atoms with Crippen LogP contribution in [0.5, 0.6) is 0 Å². The summed E-state index contributed by atoms with van der Waals surface area (Å²) in [7, 11) is -4.18. The van der Waals surface area contributed by atoms with Crippen LogP contribution in [0.25, 0.3) is 0 Å². The number of carbonyl (C=O) groups excluding carboxylic acids is 2. The number of rotatable bonds is 12. The van der Waals surface area contributed by atoms with E-state index in [1.165, 1.54) is 17.0 Å². The van der Waals surface area contributed by atoms with Crippen molar-refractivity contribution in [2.24, 2.45) is 0 Å². The average molecular weight is 605 g/mol. The fourth-order valence-corrected chi connectivity index (χ4v) is 6.13. The molecule has 3 rings (SSSR count). The lowest BCUT2D eigenvalue weighted by Gasteiger charge is -2.34. The molecule has 3 aromatic rings. The molecule has 214 valence electrons. The van der Waals surface area contributed by atoms with Gasteiger partial charge in [-0.15, -0.1) is 0 Å². The maximum absolute atomic E-state index is 14.1. The van der Waals surface area contributed by atoms with E-state index in [4.69, 9.17) is 23.2 Å². The smallest absolute Gasteiger partial charge is 0.264 e. The first kappa shape index (κ1) is 31.5. The molecule has 0 aliphatic carbocycles. The van der Waals surface area contributed by atoms with Crippen molar-refractivity contribution < 1.29 is 18.0 Å². The number of carbonyl (C=O) groups is 2. The van der Waals surface area contributed by atoms with Crippen LogP contribution in [-0.4, -0.2) is 43.8 Å². The van der Waals surface area contributed by atoms with Crippen LogP contribution in [0.2, 0.25) is 10.0 Å². The first-order chi connectivity index (χ1) is 19.0.